The first-order chi connectivity index (χ1) is 5.72. The minimum absolute atomic E-state index is 0.0466. The molecule has 2 aliphatic rings. The van der Waals surface area contributed by atoms with Gasteiger partial charge in [-0.25, -0.2) is 0 Å². The number of rotatable bonds is 2. The third kappa shape index (κ3) is 1.63. The Bertz CT molecular complexity index is 164. The maximum Gasteiger partial charge on any atom is 0.0890 e. The number of hydrogen-bond donors (Lipinski definition) is 2. The largest absolute Gasteiger partial charge is 0.387 e. The summed E-state index contributed by atoms with van der Waals surface area (Å²) in [5.41, 5.74) is 5.49. The van der Waals surface area contributed by atoms with Crippen molar-refractivity contribution in [2.24, 2.45) is 11.7 Å². The molecule has 1 aliphatic carbocycles. The fraction of sp³-hybridized carbons (Fsp3) is 1.00. The van der Waals surface area contributed by atoms with Gasteiger partial charge in [0.05, 0.1) is 5.60 Å². The molecule has 2 atom stereocenters. The van der Waals surface area contributed by atoms with E-state index >= 15 is 0 Å². The van der Waals surface area contributed by atoms with Crippen LogP contribution in [0.4, 0.5) is 0 Å². The molecular weight excluding hydrogens is 170 g/mol. The van der Waals surface area contributed by atoms with Crippen molar-refractivity contribution in [3.05, 3.63) is 0 Å². The standard InChI is InChI=1S/C9H17NOS/c10-8(7-2-3-7)9(11)4-1-5-12-6-9/h7-8,11H,1-6,10H2. The van der Waals surface area contributed by atoms with E-state index < -0.39 is 5.60 Å². The second kappa shape index (κ2) is 3.20. The molecule has 2 rings (SSSR count). The molecule has 70 valence electrons. The van der Waals surface area contributed by atoms with Gasteiger partial charge in [0.1, 0.15) is 0 Å². The lowest BCUT2D eigenvalue weighted by atomic mass is 9.88. The highest BCUT2D eigenvalue weighted by Crippen LogP contribution is 2.40. The molecule has 3 heteroatoms. The normalized spacial score (nSPS) is 39.5. The summed E-state index contributed by atoms with van der Waals surface area (Å²) in [6.45, 7) is 0. The molecule has 0 aromatic carbocycles. The van der Waals surface area contributed by atoms with Crippen molar-refractivity contribution in [2.45, 2.75) is 37.3 Å². The molecule has 1 saturated carbocycles. The molecule has 2 nitrogen and oxygen atoms in total. The molecule has 1 heterocycles. The zero-order valence-corrected chi connectivity index (χ0v) is 8.15. The summed E-state index contributed by atoms with van der Waals surface area (Å²) >= 11 is 1.85. The molecule has 0 spiro atoms. The first-order valence-corrected chi connectivity index (χ1v) is 5.93. The Balaban J connectivity index is 1.96. The van der Waals surface area contributed by atoms with E-state index in [1.165, 1.54) is 18.6 Å². The molecule has 0 amide bonds. The highest BCUT2D eigenvalue weighted by molar-refractivity contribution is 7.99. The lowest BCUT2D eigenvalue weighted by molar-refractivity contribution is 0.0191. The summed E-state index contributed by atoms with van der Waals surface area (Å²) < 4.78 is 0. The molecule has 1 saturated heterocycles. The summed E-state index contributed by atoms with van der Waals surface area (Å²) in [7, 11) is 0. The molecule has 0 aromatic heterocycles. The van der Waals surface area contributed by atoms with Gasteiger partial charge in [-0.15, -0.1) is 0 Å². The van der Waals surface area contributed by atoms with E-state index in [9.17, 15) is 5.11 Å². The van der Waals surface area contributed by atoms with Crippen LogP contribution in [0.3, 0.4) is 0 Å². The van der Waals surface area contributed by atoms with Crippen LogP contribution in [0.2, 0.25) is 0 Å². The van der Waals surface area contributed by atoms with Crippen molar-refractivity contribution in [2.75, 3.05) is 11.5 Å². The Morgan fingerprint density at radius 2 is 2.25 bits per heavy atom. The van der Waals surface area contributed by atoms with Gasteiger partial charge in [0.25, 0.3) is 0 Å². The summed E-state index contributed by atoms with van der Waals surface area (Å²) in [5.74, 6) is 2.67. The topological polar surface area (TPSA) is 46.2 Å². The average molecular weight is 187 g/mol. The van der Waals surface area contributed by atoms with Crippen molar-refractivity contribution < 1.29 is 5.11 Å². The molecular formula is C9H17NOS. The van der Waals surface area contributed by atoms with Crippen molar-refractivity contribution in [1.82, 2.24) is 0 Å². The molecule has 0 radical (unpaired) electrons. The number of aliphatic hydroxyl groups is 1. The summed E-state index contributed by atoms with van der Waals surface area (Å²) in [5, 5.41) is 10.2. The van der Waals surface area contributed by atoms with Gasteiger partial charge >= 0.3 is 0 Å². The first kappa shape index (κ1) is 8.85. The predicted octanol–water partition coefficient (Wildman–Crippen LogP) is 0.982. The van der Waals surface area contributed by atoms with Crippen molar-refractivity contribution in [3.8, 4) is 0 Å². The molecule has 2 unspecified atom stereocenters. The fourth-order valence-corrected chi connectivity index (χ4v) is 3.14. The van der Waals surface area contributed by atoms with E-state index in [1.54, 1.807) is 0 Å². The number of thioether (sulfide) groups is 1. The maximum atomic E-state index is 10.2. The van der Waals surface area contributed by atoms with Crippen molar-refractivity contribution in [3.63, 3.8) is 0 Å². The van der Waals surface area contributed by atoms with E-state index in [-0.39, 0.29) is 6.04 Å². The lowest BCUT2D eigenvalue weighted by Crippen LogP contribution is -2.52. The van der Waals surface area contributed by atoms with Crippen LogP contribution in [0, 0.1) is 5.92 Å². The molecule has 0 aromatic rings. The van der Waals surface area contributed by atoms with Gasteiger partial charge in [0.15, 0.2) is 0 Å². The van der Waals surface area contributed by atoms with Crippen LogP contribution in [0.15, 0.2) is 0 Å². The van der Waals surface area contributed by atoms with Gasteiger partial charge in [0, 0.05) is 11.8 Å². The molecule has 1 aliphatic heterocycles. The Hall–Kier alpha value is 0.270. The minimum Gasteiger partial charge on any atom is -0.387 e. The van der Waals surface area contributed by atoms with Gasteiger partial charge in [-0.05, 0) is 37.4 Å². The average Bonchev–Trinajstić information content (AvgIpc) is 2.87. The first-order valence-electron chi connectivity index (χ1n) is 4.78. The Morgan fingerprint density at radius 3 is 2.75 bits per heavy atom. The third-order valence-electron chi connectivity index (χ3n) is 3.00. The summed E-state index contributed by atoms with van der Waals surface area (Å²) in [6.07, 6.45) is 4.50. The molecule has 3 N–H and O–H groups in total. The summed E-state index contributed by atoms with van der Waals surface area (Å²) in [4.78, 5) is 0. The smallest absolute Gasteiger partial charge is 0.0890 e. The lowest BCUT2D eigenvalue weighted by Gasteiger charge is -2.37. The Morgan fingerprint density at radius 1 is 1.50 bits per heavy atom. The predicted molar refractivity (Wildman–Crippen MR) is 52.2 cm³/mol. The highest BCUT2D eigenvalue weighted by Gasteiger charge is 2.43. The van der Waals surface area contributed by atoms with E-state index in [1.807, 2.05) is 11.8 Å². The van der Waals surface area contributed by atoms with Crippen LogP contribution >= 0.6 is 11.8 Å². The molecule has 0 bridgehead atoms. The van der Waals surface area contributed by atoms with Crippen molar-refractivity contribution in [1.29, 1.82) is 0 Å². The van der Waals surface area contributed by atoms with Gasteiger partial charge in [-0.3, -0.25) is 0 Å². The van der Waals surface area contributed by atoms with E-state index in [2.05, 4.69) is 0 Å². The molecule has 12 heavy (non-hydrogen) atoms. The Labute approximate surface area is 77.9 Å². The summed E-state index contributed by atoms with van der Waals surface area (Å²) in [6, 6.07) is 0.0466. The monoisotopic (exact) mass is 187 g/mol. The number of hydrogen-bond acceptors (Lipinski definition) is 3. The van der Waals surface area contributed by atoms with Crippen LogP contribution in [0.1, 0.15) is 25.7 Å². The zero-order valence-electron chi connectivity index (χ0n) is 7.33. The maximum absolute atomic E-state index is 10.2. The number of nitrogens with two attached hydrogens (primary N) is 1. The second-order valence-corrected chi connectivity index (χ2v) is 5.23. The van der Waals surface area contributed by atoms with Crippen molar-refractivity contribution >= 4 is 11.8 Å². The van der Waals surface area contributed by atoms with E-state index in [4.69, 9.17) is 5.73 Å². The second-order valence-electron chi connectivity index (χ2n) is 4.12. The Kier molecular flexibility index (Phi) is 2.36. The van der Waals surface area contributed by atoms with Crippen LogP contribution in [-0.2, 0) is 0 Å². The minimum atomic E-state index is -0.538. The zero-order chi connectivity index (χ0) is 8.60. The van der Waals surface area contributed by atoms with E-state index in [0.29, 0.717) is 5.92 Å². The fourth-order valence-electron chi connectivity index (χ4n) is 1.96. The van der Waals surface area contributed by atoms with Gasteiger partial charge in [0.2, 0.25) is 0 Å². The molecule has 2 fully saturated rings. The van der Waals surface area contributed by atoms with Crippen LogP contribution in [0.5, 0.6) is 0 Å². The van der Waals surface area contributed by atoms with Gasteiger partial charge < -0.3 is 10.8 Å². The van der Waals surface area contributed by atoms with Crippen LogP contribution in [-0.4, -0.2) is 28.3 Å². The third-order valence-corrected chi connectivity index (χ3v) is 4.28. The van der Waals surface area contributed by atoms with Gasteiger partial charge in [-0.2, -0.15) is 11.8 Å². The van der Waals surface area contributed by atoms with Gasteiger partial charge in [-0.1, -0.05) is 0 Å². The van der Waals surface area contributed by atoms with Crippen LogP contribution < -0.4 is 5.73 Å². The van der Waals surface area contributed by atoms with E-state index in [0.717, 1.165) is 18.6 Å². The SMILES string of the molecule is NC(C1CC1)C1(O)CCCSC1. The van der Waals surface area contributed by atoms with Crippen LogP contribution in [0.25, 0.3) is 0 Å². The quantitative estimate of drug-likeness (QED) is 0.677. The highest BCUT2D eigenvalue weighted by atomic mass is 32.2.